The molecule has 0 aromatic heterocycles. The van der Waals surface area contributed by atoms with Crippen LogP contribution < -0.4 is 5.73 Å². The monoisotopic (exact) mass is 285 g/mol. The van der Waals surface area contributed by atoms with Gasteiger partial charge in [0.15, 0.2) is 0 Å². The predicted octanol–water partition coefficient (Wildman–Crippen LogP) is 3.76. The largest absolute Gasteiger partial charge is 0.376 e. The standard InChI is InChI=1S/C15H21ClFNO/c16-14-5-6-15(17)13(7-14)10-19-9-12-4-2-1-3-11(12)8-18/h5-7,11-12H,1-4,8-10,18H2. The molecule has 2 atom stereocenters. The molecule has 2 unspecified atom stereocenters. The lowest BCUT2D eigenvalue weighted by atomic mass is 9.80. The van der Waals surface area contributed by atoms with Crippen molar-refractivity contribution >= 4 is 11.6 Å². The van der Waals surface area contributed by atoms with Crippen LogP contribution in [0.1, 0.15) is 31.2 Å². The fraction of sp³-hybridized carbons (Fsp3) is 0.600. The summed E-state index contributed by atoms with van der Waals surface area (Å²) in [6.45, 7) is 1.66. The molecule has 0 bridgehead atoms. The van der Waals surface area contributed by atoms with Gasteiger partial charge in [-0.3, -0.25) is 0 Å². The van der Waals surface area contributed by atoms with E-state index in [2.05, 4.69) is 0 Å². The Morgan fingerprint density at radius 1 is 1.26 bits per heavy atom. The zero-order chi connectivity index (χ0) is 13.7. The van der Waals surface area contributed by atoms with E-state index < -0.39 is 0 Å². The topological polar surface area (TPSA) is 35.2 Å². The van der Waals surface area contributed by atoms with Crippen molar-refractivity contribution in [1.29, 1.82) is 0 Å². The lowest BCUT2D eigenvalue weighted by Gasteiger charge is -2.30. The van der Waals surface area contributed by atoms with Gasteiger partial charge in [0.25, 0.3) is 0 Å². The van der Waals surface area contributed by atoms with Gasteiger partial charge in [-0.1, -0.05) is 24.4 Å². The molecule has 106 valence electrons. The molecule has 1 fully saturated rings. The number of hydrogen-bond acceptors (Lipinski definition) is 2. The zero-order valence-corrected chi connectivity index (χ0v) is 11.8. The maximum atomic E-state index is 13.5. The Morgan fingerprint density at radius 2 is 2.00 bits per heavy atom. The second-order valence-corrected chi connectivity index (χ2v) is 5.73. The first-order valence-corrected chi connectivity index (χ1v) is 7.30. The maximum absolute atomic E-state index is 13.5. The van der Waals surface area contributed by atoms with Crippen LogP contribution in [0.25, 0.3) is 0 Å². The molecule has 1 saturated carbocycles. The van der Waals surface area contributed by atoms with Gasteiger partial charge < -0.3 is 10.5 Å². The van der Waals surface area contributed by atoms with Crippen molar-refractivity contribution < 1.29 is 9.13 Å². The molecule has 0 heterocycles. The van der Waals surface area contributed by atoms with Crippen LogP contribution in [-0.2, 0) is 11.3 Å². The van der Waals surface area contributed by atoms with Crippen molar-refractivity contribution in [2.45, 2.75) is 32.3 Å². The molecule has 4 heteroatoms. The third-order valence-electron chi connectivity index (χ3n) is 3.97. The van der Waals surface area contributed by atoms with Crippen LogP contribution in [-0.4, -0.2) is 13.2 Å². The molecule has 0 saturated heterocycles. The molecular formula is C15H21ClFNO. The molecule has 2 N–H and O–H groups in total. The van der Waals surface area contributed by atoms with Crippen molar-refractivity contribution in [1.82, 2.24) is 0 Å². The molecule has 1 aliphatic rings. The third kappa shape index (κ3) is 4.16. The lowest BCUT2D eigenvalue weighted by molar-refractivity contribution is 0.0499. The van der Waals surface area contributed by atoms with E-state index in [0.717, 1.165) is 6.54 Å². The summed E-state index contributed by atoms with van der Waals surface area (Å²) in [5.41, 5.74) is 6.31. The van der Waals surface area contributed by atoms with Crippen LogP contribution in [0.3, 0.4) is 0 Å². The molecule has 19 heavy (non-hydrogen) atoms. The van der Waals surface area contributed by atoms with Gasteiger partial charge in [0.1, 0.15) is 5.82 Å². The van der Waals surface area contributed by atoms with Crippen molar-refractivity contribution in [3.63, 3.8) is 0 Å². The minimum atomic E-state index is -0.261. The Balaban J connectivity index is 1.83. The number of ether oxygens (including phenoxy) is 1. The summed E-state index contributed by atoms with van der Waals surface area (Å²) in [6.07, 6.45) is 4.87. The highest BCUT2D eigenvalue weighted by molar-refractivity contribution is 6.30. The van der Waals surface area contributed by atoms with Crippen LogP contribution in [0, 0.1) is 17.7 Å². The normalized spacial score (nSPS) is 23.5. The highest BCUT2D eigenvalue weighted by Gasteiger charge is 2.23. The number of rotatable bonds is 5. The van der Waals surface area contributed by atoms with E-state index in [9.17, 15) is 4.39 Å². The second-order valence-electron chi connectivity index (χ2n) is 5.29. The van der Waals surface area contributed by atoms with Crippen LogP contribution in [0.15, 0.2) is 18.2 Å². The summed E-state index contributed by atoms with van der Waals surface area (Å²) in [5, 5.41) is 0.539. The Hall–Kier alpha value is -0.640. The summed E-state index contributed by atoms with van der Waals surface area (Å²) in [7, 11) is 0. The lowest BCUT2D eigenvalue weighted by Crippen LogP contribution is -2.29. The first kappa shape index (κ1) is 14.8. The molecular weight excluding hydrogens is 265 g/mol. The molecule has 1 aliphatic carbocycles. The van der Waals surface area contributed by atoms with E-state index in [1.54, 1.807) is 12.1 Å². The van der Waals surface area contributed by atoms with Crippen molar-refractivity contribution in [2.24, 2.45) is 17.6 Å². The first-order chi connectivity index (χ1) is 9.20. The van der Waals surface area contributed by atoms with E-state index in [-0.39, 0.29) is 12.4 Å². The molecule has 1 aromatic rings. The van der Waals surface area contributed by atoms with E-state index in [1.807, 2.05) is 0 Å². The fourth-order valence-electron chi connectivity index (χ4n) is 2.79. The Labute approximate surface area is 119 Å². The van der Waals surface area contributed by atoms with Crippen molar-refractivity contribution in [3.05, 3.63) is 34.6 Å². The van der Waals surface area contributed by atoms with E-state index in [0.29, 0.717) is 29.0 Å². The van der Waals surface area contributed by atoms with E-state index in [1.165, 1.54) is 31.7 Å². The minimum absolute atomic E-state index is 0.261. The SMILES string of the molecule is NCC1CCCCC1COCc1cc(Cl)ccc1F. The molecule has 0 amide bonds. The summed E-state index contributed by atoms with van der Waals surface area (Å²) < 4.78 is 19.2. The molecule has 0 radical (unpaired) electrons. The van der Waals surface area contributed by atoms with Gasteiger partial charge in [0, 0.05) is 10.6 Å². The van der Waals surface area contributed by atoms with Gasteiger partial charge in [-0.15, -0.1) is 0 Å². The summed E-state index contributed by atoms with van der Waals surface area (Å²) in [6, 6.07) is 4.55. The number of halogens is 2. The molecule has 2 nitrogen and oxygen atoms in total. The average molecular weight is 286 g/mol. The molecule has 1 aromatic carbocycles. The van der Waals surface area contributed by atoms with Crippen LogP contribution in [0.2, 0.25) is 5.02 Å². The smallest absolute Gasteiger partial charge is 0.128 e. The highest BCUT2D eigenvalue weighted by atomic mass is 35.5. The highest BCUT2D eigenvalue weighted by Crippen LogP contribution is 2.29. The number of benzene rings is 1. The second kappa shape index (κ2) is 7.22. The number of nitrogens with two attached hydrogens (primary N) is 1. The van der Waals surface area contributed by atoms with Gasteiger partial charge in [-0.25, -0.2) is 4.39 Å². The van der Waals surface area contributed by atoms with Gasteiger partial charge in [0.05, 0.1) is 13.2 Å². The molecule has 0 aliphatic heterocycles. The molecule has 2 rings (SSSR count). The average Bonchev–Trinajstić information content (AvgIpc) is 2.43. The maximum Gasteiger partial charge on any atom is 0.128 e. The van der Waals surface area contributed by atoms with Crippen molar-refractivity contribution in [2.75, 3.05) is 13.2 Å². The quantitative estimate of drug-likeness (QED) is 0.894. The Kier molecular flexibility index (Phi) is 5.61. The number of hydrogen-bond donors (Lipinski definition) is 1. The van der Waals surface area contributed by atoms with Gasteiger partial charge in [-0.05, 0) is 49.4 Å². The molecule has 0 spiro atoms. The minimum Gasteiger partial charge on any atom is -0.376 e. The Bertz CT molecular complexity index is 413. The van der Waals surface area contributed by atoms with Crippen LogP contribution in [0.4, 0.5) is 4.39 Å². The summed E-state index contributed by atoms with van der Waals surface area (Å²) in [4.78, 5) is 0. The van der Waals surface area contributed by atoms with E-state index in [4.69, 9.17) is 22.1 Å². The summed E-state index contributed by atoms with van der Waals surface area (Å²) in [5.74, 6) is 0.808. The predicted molar refractivity (Wildman–Crippen MR) is 75.6 cm³/mol. The first-order valence-electron chi connectivity index (χ1n) is 6.92. The van der Waals surface area contributed by atoms with E-state index >= 15 is 0 Å². The van der Waals surface area contributed by atoms with Crippen molar-refractivity contribution in [3.8, 4) is 0 Å². The Morgan fingerprint density at radius 3 is 2.74 bits per heavy atom. The van der Waals surface area contributed by atoms with Crippen LogP contribution >= 0.6 is 11.6 Å². The van der Waals surface area contributed by atoms with Gasteiger partial charge in [-0.2, -0.15) is 0 Å². The van der Waals surface area contributed by atoms with Gasteiger partial charge in [0.2, 0.25) is 0 Å². The third-order valence-corrected chi connectivity index (χ3v) is 4.20. The van der Waals surface area contributed by atoms with Gasteiger partial charge >= 0.3 is 0 Å². The summed E-state index contributed by atoms with van der Waals surface area (Å²) >= 11 is 5.85. The fourth-order valence-corrected chi connectivity index (χ4v) is 2.98. The zero-order valence-electron chi connectivity index (χ0n) is 11.1. The van der Waals surface area contributed by atoms with Crippen LogP contribution in [0.5, 0.6) is 0 Å².